The number of methoxy groups -OCH3 is 1. The molecule has 0 saturated heterocycles. The summed E-state index contributed by atoms with van der Waals surface area (Å²) in [7, 11) is 1.76. The molecule has 1 saturated carbocycles. The summed E-state index contributed by atoms with van der Waals surface area (Å²) in [5.74, 6) is 1.05. The molecular weight excluding hydrogens is 270 g/mol. The van der Waals surface area contributed by atoms with E-state index in [0.29, 0.717) is 31.1 Å². The van der Waals surface area contributed by atoms with E-state index in [2.05, 4.69) is 25.6 Å². The zero-order chi connectivity index (χ0) is 15.1. The quantitative estimate of drug-likeness (QED) is 0.721. The van der Waals surface area contributed by atoms with Crippen molar-refractivity contribution < 1.29 is 9.47 Å². The highest BCUT2D eigenvalue weighted by molar-refractivity contribution is 5.36. The third-order valence-electron chi connectivity index (χ3n) is 3.65. The largest absolute Gasteiger partial charge is 0.463 e. The van der Waals surface area contributed by atoms with Crippen LogP contribution in [0.25, 0.3) is 0 Å². The van der Waals surface area contributed by atoms with E-state index < -0.39 is 0 Å². The Bertz CT molecular complexity index is 445. The highest BCUT2D eigenvalue weighted by Gasteiger charge is 2.36. The number of ether oxygens (including phenoxy) is 2. The molecule has 0 amide bonds. The number of rotatable bonds is 9. The molecule has 1 aromatic rings. The summed E-state index contributed by atoms with van der Waals surface area (Å²) in [4.78, 5) is 12.9. The summed E-state index contributed by atoms with van der Waals surface area (Å²) in [6, 6.07) is 0.352. The molecule has 1 aromatic heterocycles. The molecule has 0 radical (unpaired) electrons. The van der Waals surface area contributed by atoms with Gasteiger partial charge in [-0.25, -0.2) is 0 Å². The topological polar surface area (TPSA) is 81.2 Å². The van der Waals surface area contributed by atoms with Crippen molar-refractivity contribution in [1.82, 2.24) is 15.0 Å². The lowest BCUT2D eigenvalue weighted by Crippen LogP contribution is -2.45. The predicted octanol–water partition coefficient (Wildman–Crippen LogP) is 2.07. The van der Waals surface area contributed by atoms with Crippen LogP contribution in [0.15, 0.2) is 0 Å². The van der Waals surface area contributed by atoms with Gasteiger partial charge in [0.05, 0.1) is 12.2 Å². The van der Waals surface area contributed by atoms with E-state index in [-0.39, 0.29) is 5.60 Å². The zero-order valence-electron chi connectivity index (χ0n) is 13.1. The van der Waals surface area contributed by atoms with Crippen LogP contribution in [-0.4, -0.2) is 47.4 Å². The van der Waals surface area contributed by atoms with Gasteiger partial charge in [-0.3, -0.25) is 0 Å². The second-order valence-electron chi connectivity index (χ2n) is 5.24. The van der Waals surface area contributed by atoms with Crippen molar-refractivity contribution in [2.24, 2.45) is 0 Å². The number of nitrogens with zero attached hydrogens (tertiary/aromatic N) is 3. The fourth-order valence-corrected chi connectivity index (χ4v) is 2.19. The molecule has 118 valence electrons. The SMILES string of the molecule is CCCOc1nc(NCC)nc(NCC2(OC)CCC2)n1. The number of nitrogens with one attached hydrogen (secondary N) is 2. The van der Waals surface area contributed by atoms with Gasteiger partial charge >= 0.3 is 6.01 Å². The minimum Gasteiger partial charge on any atom is -0.463 e. The van der Waals surface area contributed by atoms with Crippen molar-refractivity contribution in [1.29, 1.82) is 0 Å². The fourth-order valence-electron chi connectivity index (χ4n) is 2.19. The van der Waals surface area contributed by atoms with Crippen LogP contribution in [-0.2, 0) is 4.74 Å². The summed E-state index contributed by atoms with van der Waals surface area (Å²) >= 11 is 0. The molecule has 1 aliphatic carbocycles. The first-order chi connectivity index (χ1) is 10.2. The van der Waals surface area contributed by atoms with E-state index in [1.807, 2.05) is 13.8 Å². The van der Waals surface area contributed by atoms with Gasteiger partial charge < -0.3 is 20.1 Å². The monoisotopic (exact) mass is 295 g/mol. The Labute approximate surface area is 125 Å². The molecule has 0 bridgehead atoms. The number of hydrogen-bond donors (Lipinski definition) is 2. The molecule has 0 atom stereocenters. The first-order valence-corrected chi connectivity index (χ1v) is 7.63. The Kier molecular flexibility index (Phi) is 5.55. The van der Waals surface area contributed by atoms with Gasteiger partial charge in [0.25, 0.3) is 0 Å². The van der Waals surface area contributed by atoms with E-state index in [0.717, 1.165) is 25.8 Å². The minimum absolute atomic E-state index is 0.0740. The van der Waals surface area contributed by atoms with E-state index >= 15 is 0 Å². The lowest BCUT2D eigenvalue weighted by Gasteiger charge is -2.40. The van der Waals surface area contributed by atoms with Crippen LogP contribution in [0, 0.1) is 0 Å². The molecule has 0 spiro atoms. The van der Waals surface area contributed by atoms with E-state index in [1.165, 1.54) is 6.42 Å². The summed E-state index contributed by atoms with van der Waals surface area (Å²) in [6.07, 6.45) is 4.26. The molecule has 0 aliphatic heterocycles. The highest BCUT2D eigenvalue weighted by Crippen LogP contribution is 2.34. The summed E-state index contributed by atoms with van der Waals surface area (Å²) in [5.41, 5.74) is -0.0740. The third kappa shape index (κ3) is 4.17. The predicted molar refractivity (Wildman–Crippen MR) is 81.9 cm³/mol. The maximum atomic E-state index is 5.59. The van der Waals surface area contributed by atoms with Crippen molar-refractivity contribution >= 4 is 11.9 Å². The molecule has 7 heteroatoms. The van der Waals surface area contributed by atoms with Crippen molar-refractivity contribution in [3.8, 4) is 6.01 Å². The molecule has 7 nitrogen and oxygen atoms in total. The zero-order valence-corrected chi connectivity index (χ0v) is 13.1. The van der Waals surface area contributed by atoms with Crippen molar-refractivity contribution in [2.45, 2.75) is 45.1 Å². The van der Waals surface area contributed by atoms with E-state index in [1.54, 1.807) is 7.11 Å². The van der Waals surface area contributed by atoms with Gasteiger partial charge in [0.1, 0.15) is 0 Å². The first-order valence-electron chi connectivity index (χ1n) is 7.63. The number of anilines is 2. The van der Waals surface area contributed by atoms with Crippen molar-refractivity contribution in [3.05, 3.63) is 0 Å². The van der Waals surface area contributed by atoms with Crippen LogP contribution in [0.1, 0.15) is 39.5 Å². The van der Waals surface area contributed by atoms with Crippen LogP contribution in [0.4, 0.5) is 11.9 Å². The van der Waals surface area contributed by atoms with Crippen LogP contribution < -0.4 is 15.4 Å². The smallest absolute Gasteiger partial charge is 0.323 e. The normalized spacial score (nSPS) is 16.1. The van der Waals surface area contributed by atoms with Crippen LogP contribution >= 0.6 is 0 Å². The Hall–Kier alpha value is -1.63. The van der Waals surface area contributed by atoms with Crippen molar-refractivity contribution in [2.75, 3.05) is 37.4 Å². The molecule has 21 heavy (non-hydrogen) atoms. The van der Waals surface area contributed by atoms with Gasteiger partial charge in [0.2, 0.25) is 11.9 Å². The second-order valence-corrected chi connectivity index (χ2v) is 5.24. The van der Waals surface area contributed by atoms with Crippen LogP contribution in [0.3, 0.4) is 0 Å². The number of aromatic nitrogens is 3. The van der Waals surface area contributed by atoms with Gasteiger partial charge in [0.15, 0.2) is 0 Å². The summed E-state index contributed by atoms with van der Waals surface area (Å²) < 4.78 is 11.1. The minimum atomic E-state index is -0.0740. The lowest BCUT2D eigenvalue weighted by atomic mass is 9.80. The Morgan fingerprint density at radius 1 is 1.10 bits per heavy atom. The molecule has 0 unspecified atom stereocenters. The molecular formula is C14H25N5O2. The van der Waals surface area contributed by atoms with Crippen molar-refractivity contribution in [3.63, 3.8) is 0 Å². The summed E-state index contributed by atoms with van der Waals surface area (Å²) in [5, 5.41) is 6.34. The summed E-state index contributed by atoms with van der Waals surface area (Å²) in [6.45, 7) is 6.09. The average molecular weight is 295 g/mol. The molecule has 2 rings (SSSR count). The molecule has 2 N–H and O–H groups in total. The van der Waals surface area contributed by atoms with Gasteiger partial charge in [-0.05, 0) is 32.6 Å². The molecule has 1 fully saturated rings. The Morgan fingerprint density at radius 2 is 1.81 bits per heavy atom. The Morgan fingerprint density at radius 3 is 2.33 bits per heavy atom. The molecule has 1 aliphatic rings. The Balaban J connectivity index is 2.03. The van der Waals surface area contributed by atoms with Crippen LogP contribution in [0.2, 0.25) is 0 Å². The van der Waals surface area contributed by atoms with E-state index in [9.17, 15) is 0 Å². The highest BCUT2D eigenvalue weighted by atomic mass is 16.5. The van der Waals surface area contributed by atoms with E-state index in [4.69, 9.17) is 9.47 Å². The standard InChI is InChI=1S/C14H25N5O2/c1-4-9-21-13-18-11(15-5-2)17-12(19-13)16-10-14(20-3)7-6-8-14/h4-10H2,1-3H3,(H2,15,16,17,18,19). The van der Waals surface area contributed by atoms with Gasteiger partial charge in [-0.15, -0.1) is 0 Å². The molecule has 1 heterocycles. The number of hydrogen-bond acceptors (Lipinski definition) is 7. The first kappa shape index (κ1) is 15.8. The lowest BCUT2D eigenvalue weighted by molar-refractivity contribution is -0.0602. The average Bonchev–Trinajstić information content (AvgIpc) is 2.45. The maximum absolute atomic E-state index is 5.59. The second kappa shape index (κ2) is 7.40. The van der Waals surface area contributed by atoms with Gasteiger partial charge in [0, 0.05) is 20.2 Å². The molecule has 0 aromatic carbocycles. The fraction of sp³-hybridized carbons (Fsp3) is 0.786. The maximum Gasteiger partial charge on any atom is 0.323 e. The van der Waals surface area contributed by atoms with Gasteiger partial charge in [-0.2, -0.15) is 15.0 Å². The van der Waals surface area contributed by atoms with Crippen LogP contribution in [0.5, 0.6) is 6.01 Å². The van der Waals surface area contributed by atoms with Gasteiger partial charge in [-0.1, -0.05) is 6.92 Å². The third-order valence-corrected chi connectivity index (χ3v) is 3.65.